The number of carbonyl (C=O) groups is 2. The number of hydrogen-bond acceptors (Lipinski definition) is 3. The summed E-state index contributed by atoms with van der Waals surface area (Å²) in [6, 6.07) is 11.5. The first-order valence-electron chi connectivity index (χ1n) is 7.56. The molecule has 2 aromatic rings. The lowest BCUT2D eigenvalue weighted by Crippen LogP contribution is -2.13. The van der Waals surface area contributed by atoms with Crippen LogP contribution in [0.25, 0.3) is 0 Å². The van der Waals surface area contributed by atoms with Gasteiger partial charge in [0.2, 0.25) is 0 Å². The summed E-state index contributed by atoms with van der Waals surface area (Å²) in [6.07, 6.45) is 0. The molecular formula is C19H24FNO3. The highest BCUT2D eigenvalue weighted by Gasteiger charge is 2.06. The molecule has 4 nitrogen and oxygen atoms in total. The van der Waals surface area contributed by atoms with Crippen LogP contribution in [0.2, 0.25) is 0 Å². The van der Waals surface area contributed by atoms with Gasteiger partial charge in [0.05, 0.1) is 18.2 Å². The fraction of sp³-hybridized carbons (Fsp3) is 0.263. The average molecular weight is 333 g/mol. The highest BCUT2D eigenvalue weighted by atomic mass is 19.1. The average Bonchev–Trinajstić information content (AvgIpc) is 2.58. The molecule has 130 valence electrons. The van der Waals surface area contributed by atoms with E-state index in [1.165, 1.54) is 19.2 Å². The van der Waals surface area contributed by atoms with Gasteiger partial charge >= 0.3 is 5.97 Å². The molecule has 0 unspecified atom stereocenters. The Morgan fingerprint density at radius 1 is 1.00 bits per heavy atom. The second-order valence-electron chi connectivity index (χ2n) is 4.71. The Morgan fingerprint density at radius 2 is 1.58 bits per heavy atom. The minimum atomic E-state index is -0.730. The minimum absolute atomic E-state index is 0.0509. The molecular weight excluding hydrogens is 309 g/mol. The van der Waals surface area contributed by atoms with E-state index >= 15 is 0 Å². The van der Waals surface area contributed by atoms with Crippen molar-refractivity contribution in [3.8, 4) is 0 Å². The third-order valence-electron chi connectivity index (χ3n) is 2.83. The number of primary amides is 1. The molecule has 2 N–H and O–H groups in total. The zero-order valence-electron chi connectivity index (χ0n) is 14.7. The number of halogens is 1. The molecule has 0 aliphatic heterocycles. The Kier molecular flexibility index (Phi) is 9.71. The van der Waals surface area contributed by atoms with Crippen LogP contribution in [0.5, 0.6) is 0 Å². The number of carbonyl (C=O) groups excluding carboxylic acids is 2. The molecule has 0 saturated carbocycles. The van der Waals surface area contributed by atoms with Crippen molar-refractivity contribution in [1.29, 1.82) is 0 Å². The van der Waals surface area contributed by atoms with E-state index in [1.54, 1.807) is 25.1 Å². The summed E-state index contributed by atoms with van der Waals surface area (Å²) in [6.45, 7) is 7.71. The molecule has 0 spiro atoms. The SMILES string of the molecule is CC.COC(=O)c1cccc(C)c1.Cc1ccc(F)c(C(N)=O)c1. The van der Waals surface area contributed by atoms with E-state index in [-0.39, 0.29) is 11.5 Å². The van der Waals surface area contributed by atoms with Crippen molar-refractivity contribution in [2.45, 2.75) is 27.7 Å². The molecule has 0 aliphatic rings. The third-order valence-corrected chi connectivity index (χ3v) is 2.83. The summed E-state index contributed by atoms with van der Waals surface area (Å²) in [5.74, 6) is -1.58. The molecule has 0 aromatic heterocycles. The molecule has 5 heteroatoms. The Balaban J connectivity index is 0.000000400. The summed E-state index contributed by atoms with van der Waals surface area (Å²) in [5, 5.41) is 0. The highest BCUT2D eigenvalue weighted by Crippen LogP contribution is 2.08. The Hall–Kier alpha value is -2.69. The highest BCUT2D eigenvalue weighted by molar-refractivity contribution is 5.93. The predicted octanol–water partition coefficient (Wildman–Crippen LogP) is 4.04. The van der Waals surface area contributed by atoms with Gasteiger partial charge in [-0.3, -0.25) is 4.79 Å². The van der Waals surface area contributed by atoms with Crippen LogP contribution in [0.4, 0.5) is 4.39 Å². The van der Waals surface area contributed by atoms with Crippen molar-refractivity contribution < 1.29 is 18.7 Å². The van der Waals surface area contributed by atoms with Gasteiger partial charge in [0.1, 0.15) is 5.82 Å². The molecule has 0 fully saturated rings. The second-order valence-corrected chi connectivity index (χ2v) is 4.71. The van der Waals surface area contributed by atoms with Gasteiger partial charge in [-0.05, 0) is 38.1 Å². The lowest BCUT2D eigenvalue weighted by atomic mass is 10.1. The zero-order valence-corrected chi connectivity index (χ0v) is 14.7. The first kappa shape index (κ1) is 21.3. The number of hydrogen-bond donors (Lipinski definition) is 1. The normalized spacial score (nSPS) is 8.92. The van der Waals surface area contributed by atoms with Crippen LogP contribution in [0.1, 0.15) is 45.7 Å². The van der Waals surface area contributed by atoms with Gasteiger partial charge in [-0.2, -0.15) is 0 Å². The number of aryl methyl sites for hydroxylation is 2. The lowest BCUT2D eigenvalue weighted by molar-refractivity contribution is 0.0600. The Morgan fingerprint density at radius 3 is 2.04 bits per heavy atom. The lowest BCUT2D eigenvalue weighted by Gasteiger charge is -1.98. The maximum Gasteiger partial charge on any atom is 0.337 e. The van der Waals surface area contributed by atoms with Crippen LogP contribution in [0.15, 0.2) is 42.5 Å². The topological polar surface area (TPSA) is 69.4 Å². The largest absolute Gasteiger partial charge is 0.465 e. The van der Waals surface area contributed by atoms with Crippen LogP contribution < -0.4 is 5.73 Å². The summed E-state index contributed by atoms with van der Waals surface area (Å²) < 4.78 is 17.3. The van der Waals surface area contributed by atoms with Gasteiger partial charge in [-0.25, -0.2) is 9.18 Å². The summed E-state index contributed by atoms with van der Waals surface area (Å²) in [5.41, 5.74) is 7.34. The Bertz CT molecular complexity index is 684. The number of nitrogens with two attached hydrogens (primary N) is 1. The number of rotatable bonds is 2. The zero-order chi connectivity index (χ0) is 18.7. The van der Waals surface area contributed by atoms with E-state index in [2.05, 4.69) is 4.74 Å². The van der Waals surface area contributed by atoms with E-state index in [1.807, 2.05) is 32.9 Å². The number of ether oxygens (including phenoxy) is 1. The fourth-order valence-electron chi connectivity index (χ4n) is 1.72. The van der Waals surface area contributed by atoms with E-state index in [0.29, 0.717) is 5.56 Å². The third kappa shape index (κ3) is 7.05. The molecule has 0 radical (unpaired) electrons. The molecule has 2 aromatic carbocycles. The molecule has 0 saturated heterocycles. The van der Waals surface area contributed by atoms with Crippen molar-refractivity contribution in [2.24, 2.45) is 5.73 Å². The van der Waals surface area contributed by atoms with Gasteiger partial charge in [0, 0.05) is 0 Å². The standard InChI is InChI=1S/C9H10O2.C8H8FNO.C2H6/c1-7-4-3-5-8(6-7)9(10)11-2;1-5-2-3-7(9)6(4-5)8(10)11;1-2/h3-6H,1-2H3;2-4H,1H3,(H2,10,11);1-2H3. The first-order chi connectivity index (χ1) is 11.3. The van der Waals surface area contributed by atoms with Crippen molar-refractivity contribution >= 4 is 11.9 Å². The van der Waals surface area contributed by atoms with E-state index in [0.717, 1.165) is 11.1 Å². The van der Waals surface area contributed by atoms with Crippen molar-refractivity contribution in [3.05, 3.63) is 70.5 Å². The van der Waals surface area contributed by atoms with Gasteiger partial charge in [0.15, 0.2) is 0 Å². The molecule has 0 atom stereocenters. The van der Waals surface area contributed by atoms with Crippen LogP contribution >= 0.6 is 0 Å². The quantitative estimate of drug-likeness (QED) is 0.843. The summed E-state index contributed by atoms with van der Waals surface area (Å²) >= 11 is 0. The Labute approximate surface area is 142 Å². The van der Waals surface area contributed by atoms with Gasteiger partial charge in [0.25, 0.3) is 5.91 Å². The van der Waals surface area contributed by atoms with Crippen LogP contribution in [-0.4, -0.2) is 19.0 Å². The van der Waals surface area contributed by atoms with Crippen LogP contribution in [-0.2, 0) is 4.74 Å². The number of amides is 1. The fourth-order valence-corrected chi connectivity index (χ4v) is 1.72. The van der Waals surface area contributed by atoms with Crippen LogP contribution in [0, 0.1) is 19.7 Å². The molecule has 0 bridgehead atoms. The molecule has 0 aliphatic carbocycles. The van der Waals surface area contributed by atoms with Crippen molar-refractivity contribution in [3.63, 3.8) is 0 Å². The maximum absolute atomic E-state index is 12.7. The van der Waals surface area contributed by atoms with E-state index in [9.17, 15) is 14.0 Å². The smallest absolute Gasteiger partial charge is 0.337 e. The number of benzene rings is 2. The predicted molar refractivity (Wildman–Crippen MR) is 93.5 cm³/mol. The number of esters is 1. The number of methoxy groups -OCH3 is 1. The maximum atomic E-state index is 12.7. The summed E-state index contributed by atoms with van der Waals surface area (Å²) in [4.78, 5) is 21.5. The van der Waals surface area contributed by atoms with Gasteiger partial charge < -0.3 is 10.5 Å². The molecule has 2 rings (SSSR count). The van der Waals surface area contributed by atoms with E-state index in [4.69, 9.17) is 5.73 Å². The van der Waals surface area contributed by atoms with Gasteiger partial charge in [-0.1, -0.05) is 43.2 Å². The second kappa shape index (κ2) is 10.9. The first-order valence-corrected chi connectivity index (χ1v) is 7.56. The van der Waals surface area contributed by atoms with Crippen molar-refractivity contribution in [1.82, 2.24) is 0 Å². The molecule has 1 amide bonds. The summed E-state index contributed by atoms with van der Waals surface area (Å²) in [7, 11) is 1.38. The van der Waals surface area contributed by atoms with Crippen LogP contribution in [0.3, 0.4) is 0 Å². The van der Waals surface area contributed by atoms with Crippen molar-refractivity contribution in [2.75, 3.05) is 7.11 Å². The molecule has 24 heavy (non-hydrogen) atoms. The minimum Gasteiger partial charge on any atom is -0.465 e. The monoisotopic (exact) mass is 333 g/mol. The van der Waals surface area contributed by atoms with E-state index < -0.39 is 11.7 Å². The van der Waals surface area contributed by atoms with Gasteiger partial charge in [-0.15, -0.1) is 0 Å². The molecule has 0 heterocycles.